The molecule has 0 aromatic rings. The molecular formula is C35H61N7O22S. The lowest BCUT2D eigenvalue weighted by atomic mass is 9.96. The molecule has 1 unspecified atom stereocenters. The molecule has 0 aromatic carbocycles. The SMILES string of the molecule is CC(=O)N[C@@H]1[C@H](O[C@@H]2C[C@@H](C(=O)N[C@@H](CCCCN)C(=O)N[C@H](C(=O)N[C@@H](CO)C(=O)O)[C@@H](C)O[C@@H]3O[C@@H](CO)[C@@H](O)[C@H](O)[C@@H]3NC(C)=O)NC2CO)O[C@@H](CO)[C@@H](OS(=O)(=O)O)[C@@H]1O. The highest BCUT2D eigenvalue weighted by molar-refractivity contribution is 7.80. The molecule has 29 nitrogen and oxygen atoms in total. The maximum Gasteiger partial charge on any atom is 0.397 e. The van der Waals surface area contributed by atoms with E-state index in [0.29, 0.717) is 6.42 Å². The summed E-state index contributed by atoms with van der Waals surface area (Å²) in [6, 6.07) is -10.7. The number of carbonyl (C=O) groups is 6. The van der Waals surface area contributed by atoms with E-state index in [9.17, 15) is 82.6 Å². The highest BCUT2D eigenvalue weighted by Crippen LogP contribution is 2.29. The van der Waals surface area contributed by atoms with E-state index in [2.05, 4.69) is 30.8 Å². The second kappa shape index (κ2) is 25.3. The van der Waals surface area contributed by atoms with Gasteiger partial charge in [-0.25, -0.2) is 8.98 Å². The Balaban J connectivity index is 1.88. The lowest BCUT2D eigenvalue weighted by molar-refractivity contribution is -0.281. The van der Waals surface area contributed by atoms with Gasteiger partial charge in [0.1, 0.15) is 66.8 Å². The largest absolute Gasteiger partial charge is 0.480 e. The summed E-state index contributed by atoms with van der Waals surface area (Å²) in [7, 11) is -5.21. The average molecular weight is 964 g/mol. The van der Waals surface area contributed by atoms with Crippen LogP contribution in [0.4, 0.5) is 0 Å². The van der Waals surface area contributed by atoms with Gasteiger partial charge in [0.2, 0.25) is 29.5 Å². The molecule has 17 N–H and O–H groups in total. The summed E-state index contributed by atoms with van der Waals surface area (Å²) >= 11 is 0. The number of aliphatic hydroxyl groups is 7. The molecule has 3 heterocycles. The number of nitrogens with two attached hydrogens (primary N) is 1. The summed E-state index contributed by atoms with van der Waals surface area (Å²) in [6.45, 7) is -0.108. The van der Waals surface area contributed by atoms with Gasteiger partial charge in [-0.1, -0.05) is 0 Å². The molecule has 3 aliphatic heterocycles. The van der Waals surface area contributed by atoms with Gasteiger partial charge in [0, 0.05) is 13.8 Å². The quantitative estimate of drug-likeness (QED) is 0.0315. The Morgan fingerprint density at radius 3 is 1.92 bits per heavy atom. The Hall–Kier alpha value is -3.83. The third-order valence-electron chi connectivity index (χ3n) is 10.6. The molecule has 17 atom stereocenters. The Morgan fingerprint density at radius 2 is 1.40 bits per heavy atom. The number of aliphatic carboxylic acids is 1. The van der Waals surface area contributed by atoms with Gasteiger partial charge in [-0.05, 0) is 39.2 Å². The fraction of sp³-hybridized carbons (Fsp3) is 0.829. The maximum atomic E-state index is 14.1. The van der Waals surface area contributed by atoms with Crippen LogP contribution in [0.25, 0.3) is 0 Å². The van der Waals surface area contributed by atoms with E-state index in [-0.39, 0.29) is 25.8 Å². The van der Waals surface area contributed by atoms with Crippen molar-refractivity contribution >= 4 is 45.9 Å². The van der Waals surface area contributed by atoms with Crippen LogP contribution < -0.4 is 37.6 Å². The number of carboxylic acids is 1. The van der Waals surface area contributed by atoms with Crippen molar-refractivity contribution in [2.75, 3.05) is 33.0 Å². The van der Waals surface area contributed by atoms with Gasteiger partial charge in [-0.3, -0.25) is 33.8 Å². The molecule has 3 aliphatic rings. The molecule has 0 spiro atoms. The molecule has 30 heteroatoms. The van der Waals surface area contributed by atoms with E-state index in [1.807, 2.05) is 5.32 Å². The van der Waals surface area contributed by atoms with Crippen molar-refractivity contribution in [3.63, 3.8) is 0 Å². The first kappa shape index (κ1) is 55.5. The van der Waals surface area contributed by atoms with E-state index in [0.717, 1.165) is 13.8 Å². The molecule has 0 saturated carbocycles. The molecule has 0 bridgehead atoms. The molecule has 65 heavy (non-hydrogen) atoms. The monoisotopic (exact) mass is 963 g/mol. The van der Waals surface area contributed by atoms with Crippen LogP contribution in [-0.4, -0.2) is 226 Å². The number of rotatable bonds is 24. The second-order valence-corrected chi connectivity index (χ2v) is 16.6. The average Bonchev–Trinajstić information content (AvgIpc) is 3.65. The first-order valence-corrected chi connectivity index (χ1v) is 21.8. The number of unbranched alkanes of at least 4 members (excludes halogenated alkanes) is 1. The zero-order valence-corrected chi connectivity index (χ0v) is 36.3. The van der Waals surface area contributed by atoms with Crippen LogP contribution in [0.5, 0.6) is 0 Å². The Kier molecular flexibility index (Phi) is 21.6. The maximum absolute atomic E-state index is 14.1. The minimum atomic E-state index is -5.21. The molecule has 0 radical (unpaired) electrons. The van der Waals surface area contributed by atoms with Crippen LogP contribution in [0.15, 0.2) is 0 Å². The highest BCUT2D eigenvalue weighted by atomic mass is 32.3. The molecule has 0 aromatic heterocycles. The summed E-state index contributed by atoms with van der Waals surface area (Å²) in [5, 5.41) is 95.6. The number of amides is 5. The second-order valence-electron chi connectivity index (χ2n) is 15.5. The van der Waals surface area contributed by atoms with Crippen molar-refractivity contribution in [2.24, 2.45) is 5.73 Å². The number of nitrogens with one attached hydrogen (secondary N) is 6. The molecule has 5 amide bonds. The van der Waals surface area contributed by atoms with E-state index < -0.39 is 176 Å². The van der Waals surface area contributed by atoms with Crippen LogP contribution in [0.2, 0.25) is 0 Å². The van der Waals surface area contributed by atoms with E-state index in [4.69, 9.17) is 24.7 Å². The van der Waals surface area contributed by atoms with Crippen LogP contribution in [0.1, 0.15) is 46.5 Å². The van der Waals surface area contributed by atoms with Crippen molar-refractivity contribution in [1.29, 1.82) is 0 Å². The summed E-state index contributed by atoms with van der Waals surface area (Å²) in [4.78, 5) is 77.4. The summed E-state index contributed by atoms with van der Waals surface area (Å²) < 4.78 is 59.7. The number of hydrogen-bond acceptors (Lipinski definition) is 22. The zero-order valence-electron chi connectivity index (χ0n) is 35.5. The van der Waals surface area contributed by atoms with Crippen molar-refractivity contribution < 1.29 is 106 Å². The zero-order chi connectivity index (χ0) is 48.9. The molecule has 0 aliphatic carbocycles. The van der Waals surface area contributed by atoms with E-state index in [1.165, 1.54) is 6.92 Å². The van der Waals surface area contributed by atoms with Gasteiger partial charge >= 0.3 is 16.4 Å². The first-order chi connectivity index (χ1) is 30.5. The number of hydrogen-bond donors (Lipinski definition) is 16. The van der Waals surface area contributed by atoms with Gasteiger partial charge in [0.15, 0.2) is 12.6 Å². The summed E-state index contributed by atoms with van der Waals surface area (Å²) in [6.07, 6.45) is -16.5. The highest BCUT2D eigenvalue weighted by Gasteiger charge is 2.51. The van der Waals surface area contributed by atoms with Gasteiger partial charge < -0.3 is 92.1 Å². The molecule has 374 valence electrons. The van der Waals surface area contributed by atoms with E-state index in [1.54, 1.807) is 0 Å². The first-order valence-electron chi connectivity index (χ1n) is 20.4. The Bertz CT molecular complexity index is 1740. The third-order valence-corrected chi connectivity index (χ3v) is 11.1. The fourth-order valence-electron chi connectivity index (χ4n) is 7.34. The summed E-state index contributed by atoms with van der Waals surface area (Å²) in [5.74, 6) is -6.29. The van der Waals surface area contributed by atoms with Gasteiger partial charge in [-0.2, -0.15) is 8.42 Å². The summed E-state index contributed by atoms with van der Waals surface area (Å²) in [5.41, 5.74) is 5.66. The number of aliphatic hydroxyl groups excluding tert-OH is 7. The van der Waals surface area contributed by atoms with Gasteiger partial charge in [0.05, 0.1) is 50.7 Å². The molecule has 3 rings (SSSR count). The molecule has 3 fully saturated rings. The molecular weight excluding hydrogens is 902 g/mol. The Morgan fingerprint density at radius 1 is 0.800 bits per heavy atom. The predicted molar refractivity (Wildman–Crippen MR) is 212 cm³/mol. The van der Waals surface area contributed by atoms with Crippen LogP contribution in [0, 0.1) is 0 Å². The van der Waals surface area contributed by atoms with Gasteiger partial charge in [0.25, 0.3) is 0 Å². The topological polar surface area (TPSA) is 463 Å². The van der Waals surface area contributed by atoms with Crippen molar-refractivity contribution in [3.8, 4) is 0 Å². The normalized spacial score (nSPS) is 32.3. The minimum absolute atomic E-state index is 0.108. The fourth-order valence-corrected chi connectivity index (χ4v) is 7.86. The van der Waals surface area contributed by atoms with Crippen LogP contribution in [-0.2, 0) is 62.3 Å². The number of carbonyl (C=O) groups excluding carboxylic acids is 5. The number of ether oxygens (including phenoxy) is 4. The minimum Gasteiger partial charge on any atom is -0.480 e. The van der Waals surface area contributed by atoms with Crippen molar-refractivity contribution in [2.45, 2.75) is 150 Å². The number of carboxylic acid groups (broad SMARTS) is 1. The standard InChI is InChI=1S/C35H61N7O22S/c1-13(60-34-24(37-14(2)47)27(50)26(49)21(11-45)62-34)23(32(54)41-19(10-44)33(55)56)42-30(52)16(6-4-5-7-36)40-31(53)17-8-20(18(9-43)39-17)61-35-25(38-15(3)48)28(51)29(22(12-46)63-35)64-65(57,58)59/h13,16-29,34-35,39,43-46,49-51H,4-12,36H2,1-3H3,(H,37,47)(H,38,48)(H,40,53)(H,41,54)(H,42,52)(H,55,56)(H,57,58,59)/t13-,16+,17+,18?,19+,20-,21+,22+,23+,24+,25+,26-,27-,28-,29-,34-,35-/m1/s1. The smallest absolute Gasteiger partial charge is 0.397 e. The van der Waals surface area contributed by atoms with E-state index >= 15 is 0 Å². The van der Waals surface area contributed by atoms with Gasteiger partial charge in [-0.15, -0.1) is 0 Å². The van der Waals surface area contributed by atoms with Crippen molar-refractivity contribution in [1.82, 2.24) is 31.9 Å². The third kappa shape index (κ3) is 15.6. The van der Waals surface area contributed by atoms with Crippen LogP contribution >= 0.6 is 0 Å². The Labute approximate surface area is 371 Å². The van der Waals surface area contributed by atoms with Crippen molar-refractivity contribution in [3.05, 3.63) is 0 Å². The lowest BCUT2D eigenvalue weighted by Crippen LogP contribution is -2.66. The lowest BCUT2D eigenvalue weighted by Gasteiger charge is -2.44. The van der Waals surface area contributed by atoms with Crippen LogP contribution in [0.3, 0.4) is 0 Å². The molecule has 3 saturated heterocycles. The predicted octanol–water partition coefficient (Wildman–Crippen LogP) is -9.13.